The summed E-state index contributed by atoms with van der Waals surface area (Å²) < 4.78 is 5.55. The summed E-state index contributed by atoms with van der Waals surface area (Å²) in [5.41, 5.74) is 2.18. The molecule has 0 radical (unpaired) electrons. The molecule has 0 fully saturated rings. The number of ether oxygens (including phenoxy) is 1. The predicted octanol–water partition coefficient (Wildman–Crippen LogP) is 4.94. The summed E-state index contributed by atoms with van der Waals surface area (Å²) in [5, 5.41) is 3.81. The SMILES string of the molecule is CCOc1ccccc1N/C(C)=C/C(=O)c1ccc(Cl)cc1. The minimum Gasteiger partial charge on any atom is -0.492 e. The lowest BCUT2D eigenvalue weighted by atomic mass is 10.1. The molecular formula is C18H18ClNO2. The van der Waals surface area contributed by atoms with Crippen molar-refractivity contribution in [1.82, 2.24) is 0 Å². The number of carbonyl (C=O) groups excluding carboxylic acids is 1. The van der Waals surface area contributed by atoms with Gasteiger partial charge in [-0.3, -0.25) is 4.79 Å². The van der Waals surface area contributed by atoms with Crippen molar-refractivity contribution < 1.29 is 9.53 Å². The lowest BCUT2D eigenvalue weighted by molar-refractivity contribution is 0.104. The summed E-state index contributed by atoms with van der Waals surface area (Å²) in [4.78, 5) is 12.2. The van der Waals surface area contributed by atoms with Gasteiger partial charge in [-0.25, -0.2) is 0 Å². The zero-order valence-corrected chi connectivity index (χ0v) is 13.4. The van der Waals surface area contributed by atoms with Crippen LogP contribution in [0.25, 0.3) is 0 Å². The Balaban J connectivity index is 2.13. The van der Waals surface area contributed by atoms with Crippen molar-refractivity contribution >= 4 is 23.1 Å². The molecule has 0 aromatic heterocycles. The van der Waals surface area contributed by atoms with Crippen molar-refractivity contribution in [2.24, 2.45) is 0 Å². The fourth-order valence-electron chi connectivity index (χ4n) is 1.99. The lowest BCUT2D eigenvalue weighted by Crippen LogP contribution is -2.03. The Labute approximate surface area is 135 Å². The van der Waals surface area contributed by atoms with Crippen LogP contribution >= 0.6 is 11.6 Å². The number of nitrogens with one attached hydrogen (secondary N) is 1. The number of rotatable bonds is 6. The second-order valence-electron chi connectivity index (χ2n) is 4.75. The summed E-state index contributed by atoms with van der Waals surface area (Å²) in [7, 11) is 0. The van der Waals surface area contributed by atoms with Crippen molar-refractivity contribution in [2.45, 2.75) is 13.8 Å². The molecule has 3 nitrogen and oxygen atoms in total. The summed E-state index contributed by atoms with van der Waals surface area (Å²) >= 11 is 5.82. The molecule has 0 heterocycles. The van der Waals surface area contributed by atoms with Crippen LogP contribution in [0.1, 0.15) is 24.2 Å². The van der Waals surface area contributed by atoms with E-state index in [2.05, 4.69) is 5.32 Å². The van der Waals surface area contributed by atoms with Gasteiger partial charge in [0.05, 0.1) is 12.3 Å². The number of benzene rings is 2. The number of hydrogen-bond donors (Lipinski definition) is 1. The van der Waals surface area contributed by atoms with Crippen molar-refractivity contribution in [3.8, 4) is 5.75 Å². The lowest BCUT2D eigenvalue weighted by Gasteiger charge is -2.12. The molecule has 0 saturated carbocycles. The van der Waals surface area contributed by atoms with Gasteiger partial charge in [0.25, 0.3) is 0 Å². The third-order valence-electron chi connectivity index (χ3n) is 3.00. The minimum atomic E-state index is -0.0736. The first-order chi connectivity index (χ1) is 10.6. The van der Waals surface area contributed by atoms with Crippen molar-refractivity contribution in [3.05, 3.63) is 70.9 Å². The first-order valence-corrected chi connectivity index (χ1v) is 7.45. The van der Waals surface area contributed by atoms with Crippen LogP contribution in [0, 0.1) is 0 Å². The van der Waals surface area contributed by atoms with E-state index in [1.165, 1.54) is 0 Å². The van der Waals surface area contributed by atoms with Gasteiger partial charge in [-0.15, -0.1) is 0 Å². The summed E-state index contributed by atoms with van der Waals surface area (Å²) in [6.07, 6.45) is 1.56. The molecule has 0 saturated heterocycles. The summed E-state index contributed by atoms with van der Waals surface area (Å²) in [6.45, 7) is 4.37. The van der Waals surface area contributed by atoms with Crippen molar-refractivity contribution in [1.29, 1.82) is 0 Å². The van der Waals surface area contributed by atoms with Crippen LogP contribution in [0.3, 0.4) is 0 Å². The normalized spacial score (nSPS) is 11.1. The van der Waals surface area contributed by atoms with Gasteiger partial charge in [-0.1, -0.05) is 23.7 Å². The smallest absolute Gasteiger partial charge is 0.187 e. The molecule has 22 heavy (non-hydrogen) atoms. The minimum absolute atomic E-state index is 0.0736. The van der Waals surface area contributed by atoms with E-state index >= 15 is 0 Å². The first-order valence-electron chi connectivity index (χ1n) is 7.07. The quantitative estimate of drug-likeness (QED) is 0.606. The van der Waals surface area contributed by atoms with Gasteiger partial charge < -0.3 is 10.1 Å². The number of para-hydroxylation sites is 2. The topological polar surface area (TPSA) is 38.3 Å². The molecule has 0 unspecified atom stereocenters. The molecule has 0 aliphatic heterocycles. The Morgan fingerprint density at radius 2 is 1.86 bits per heavy atom. The van der Waals surface area contributed by atoms with Crippen LogP contribution in [-0.2, 0) is 0 Å². The Morgan fingerprint density at radius 1 is 1.18 bits per heavy atom. The second-order valence-corrected chi connectivity index (χ2v) is 5.19. The molecule has 114 valence electrons. The molecule has 2 aromatic carbocycles. The predicted molar refractivity (Wildman–Crippen MR) is 90.8 cm³/mol. The molecule has 1 N–H and O–H groups in total. The summed E-state index contributed by atoms with van der Waals surface area (Å²) in [5.74, 6) is 0.687. The molecule has 0 aliphatic rings. The maximum absolute atomic E-state index is 12.2. The van der Waals surface area contributed by atoms with Crippen LogP contribution in [0.4, 0.5) is 5.69 Å². The standard InChI is InChI=1S/C18H18ClNO2/c1-3-22-18-7-5-4-6-16(18)20-13(2)12-17(21)14-8-10-15(19)11-9-14/h4-12,20H,3H2,1-2H3/b13-12+. The van der Waals surface area contributed by atoms with Gasteiger partial charge in [0, 0.05) is 22.4 Å². The van der Waals surface area contributed by atoms with Gasteiger partial charge in [-0.2, -0.15) is 0 Å². The number of anilines is 1. The van der Waals surface area contributed by atoms with Crippen LogP contribution in [-0.4, -0.2) is 12.4 Å². The monoisotopic (exact) mass is 315 g/mol. The Kier molecular flexibility index (Phi) is 5.61. The largest absolute Gasteiger partial charge is 0.492 e. The molecule has 0 bridgehead atoms. The Bertz CT molecular complexity index is 678. The highest BCUT2D eigenvalue weighted by molar-refractivity contribution is 6.30. The van der Waals surface area contributed by atoms with Crippen LogP contribution in [0.15, 0.2) is 60.3 Å². The van der Waals surface area contributed by atoms with Gasteiger partial charge in [0.2, 0.25) is 0 Å². The number of carbonyl (C=O) groups is 1. The fourth-order valence-corrected chi connectivity index (χ4v) is 2.12. The van der Waals surface area contributed by atoms with E-state index in [0.29, 0.717) is 17.2 Å². The van der Waals surface area contributed by atoms with Crippen LogP contribution < -0.4 is 10.1 Å². The van der Waals surface area contributed by atoms with Gasteiger partial charge in [-0.05, 0) is 50.2 Å². The number of hydrogen-bond acceptors (Lipinski definition) is 3. The van der Waals surface area contributed by atoms with E-state index < -0.39 is 0 Å². The maximum atomic E-state index is 12.2. The average Bonchev–Trinajstić information content (AvgIpc) is 2.50. The molecular weight excluding hydrogens is 298 g/mol. The molecule has 2 aromatic rings. The van der Waals surface area contributed by atoms with Gasteiger partial charge in [0.15, 0.2) is 5.78 Å². The summed E-state index contributed by atoms with van der Waals surface area (Å²) in [6, 6.07) is 14.5. The van der Waals surface area contributed by atoms with Crippen LogP contribution in [0.2, 0.25) is 5.02 Å². The zero-order valence-electron chi connectivity index (χ0n) is 12.6. The van der Waals surface area contributed by atoms with E-state index in [1.54, 1.807) is 30.3 Å². The maximum Gasteiger partial charge on any atom is 0.187 e. The van der Waals surface area contributed by atoms with Crippen molar-refractivity contribution in [3.63, 3.8) is 0 Å². The van der Waals surface area contributed by atoms with Crippen molar-refractivity contribution in [2.75, 3.05) is 11.9 Å². The first kappa shape index (κ1) is 16.1. The zero-order chi connectivity index (χ0) is 15.9. The third-order valence-corrected chi connectivity index (χ3v) is 3.25. The van der Waals surface area contributed by atoms with E-state index in [-0.39, 0.29) is 5.78 Å². The highest BCUT2D eigenvalue weighted by Gasteiger charge is 2.05. The number of ketones is 1. The Morgan fingerprint density at radius 3 is 2.55 bits per heavy atom. The highest BCUT2D eigenvalue weighted by atomic mass is 35.5. The number of halogens is 1. The molecule has 0 amide bonds. The number of allylic oxidation sites excluding steroid dienone is 2. The average molecular weight is 316 g/mol. The van der Waals surface area contributed by atoms with E-state index in [0.717, 1.165) is 17.1 Å². The molecule has 0 atom stereocenters. The van der Waals surface area contributed by atoms with Gasteiger partial charge >= 0.3 is 0 Å². The molecule has 2 rings (SSSR count). The second kappa shape index (κ2) is 7.66. The van der Waals surface area contributed by atoms with Crippen LogP contribution in [0.5, 0.6) is 5.75 Å². The molecule has 4 heteroatoms. The third kappa shape index (κ3) is 4.37. The fraction of sp³-hybridized carbons (Fsp3) is 0.167. The molecule has 0 aliphatic carbocycles. The van der Waals surface area contributed by atoms with E-state index in [4.69, 9.17) is 16.3 Å². The highest BCUT2D eigenvalue weighted by Crippen LogP contribution is 2.25. The Hall–Kier alpha value is -2.26. The molecule has 0 spiro atoms. The van der Waals surface area contributed by atoms with E-state index in [1.807, 2.05) is 38.1 Å². The van der Waals surface area contributed by atoms with Gasteiger partial charge in [0.1, 0.15) is 5.75 Å². The van der Waals surface area contributed by atoms with E-state index in [9.17, 15) is 4.79 Å².